The molecule has 6 nitrogen and oxygen atoms in total. The van der Waals surface area contributed by atoms with E-state index < -0.39 is 11.9 Å². The highest BCUT2D eigenvalue weighted by Crippen LogP contribution is 2.21. The number of hydrogen-bond acceptors (Lipinski definition) is 5. The van der Waals surface area contributed by atoms with E-state index >= 15 is 0 Å². The molecule has 0 radical (unpaired) electrons. The van der Waals surface area contributed by atoms with Crippen molar-refractivity contribution >= 4 is 11.9 Å². The lowest BCUT2D eigenvalue weighted by Gasteiger charge is -2.15. The number of phenols is 1. The molecule has 0 saturated carbocycles. The number of phenolic OH excluding ortho intramolecular Hbond substituents is 1. The minimum Gasteiger partial charge on any atom is -0.507 e. The number of para-hydroxylation sites is 2. The minimum absolute atomic E-state index is 0.0221. The number of esters is 1. The second-order valence-electron chi connectivity index (χ2n) is 11.3. The van der Waals surface area contributed by atoms with Crippen LogP contribution in [0, 0.1) is 17.8 Å². The smallest absolute Gasteiger partial charge is 0.341 e. The number of carbonyl (C=O) groups is 2. The van der Waals surface area contributed by atoms with Gasteiger partial charge in [0.25, 0.3) is 0 Å². The van der Waals surface area contributed by atoms with Crippen molar-refractivity contribution in [2.75, 3.05) is 13.2 Å². The molecule has 0 aliphatic heterocycles. The summed E-state index contributed by atoms with van der Waals surface area (Å²) in [4.78, 5) is 22.8. The molecule has 0 aromatic heterocycles. The molecule has 0 fully saturated rings. The Balaban J connectivity index is 0.000000400. The summed E-state index contributed by atoms with van der Waals surface area (Å²) in [5, 5.41) is 18.6. The van der Waals surface area contributed by atoms with E-state index in [9.17, 15) is 14.7 Å². The number of aromatic hydroxyl groups is 1. The Bertz CT molecular complexity index is 970. The Morgan fingerprint density at radius 3 is 2.00 bits per heavy atom. The highest BCUT2D eigenvalue weighted by Gasteiger charge is 2.12. The van der Waals surface area contributed by atoms with Crippen molar-refractivity contribution in [3.8, 4) is 11.5 Å². The average Bonchev–Trinajstić information content (AvgIpc) is 2.93. The Morgan fingerprint density at radius 1 is 0.750 bits per heavy atom. The molecule has 0 spiro atoms. The summed E-state index contributed by atoms with van der Waals surface area (Å²) in [6, 6.07) is 13.3. The van der Waals surface area contributed by atoms with Gasteiger partial charge in [-0.05, 0) is 54.9 Å². The van der Waals surface area contributed by atoms with Crippen LogP contribution < -0.4 is 4.74 Å². The molecular weight excluding hydrogens is 504 g/mol. The van der Waals surface area contributed by atoms with Gasteiger partial charge in [-0.15, -0.1) is 0 Å². The van der Waals surface area contributed by atoms with Crippen LogP contribution in [-0.4, -0.2) is 35.4 Å². The molecule has 0 heterocycles. The maximum Gasteiger partial charge on any atom is 0.341 e. The summed E-state index contributed by atoms with van der Waals surface area (Å²) in [6.07, 6.45) is 11.8. The summed E-state index contributed by atoms with van der Waals surface area (Å²) in [7, 11) is 0. The van der Waals surface area contributed by atoms with Gasteiger partial charge in [0.05, 0.1) is 13.2 Å². The Labute approximate surface area is 242 Å². The monoisotopic (exact) mass is 556 g/mol. The number of ether oxygens (including phenoxy) is 2. The summed E-state index contributed by atoms with van der Waals surface area (Å²) in [5.74, 6) is 1.08. The largest absolute Gasteiger partial charge is 0.507 e. The van der Waals surface area contributed by atoms with Crippen LogP contribution >= 0.6 is 0 Å². The van der Waals surface area contributed by atoms with Crippen LogP contribution in [0.15, 0.2) is 48.5 Å². The molecule has 0 amide bonds. The zero-order valence-corrected chi connectivity index (χ0v) is 25.4. The van der Waals surface area contributed by atoms with Gasteiger partial charge in [0.15, 0.2) is 0 Å². The van der Waals surface area contributed by atoms with Crippen molar-refractivity contribution in [1.82, 2.24) is 0 Å². The lowest BCUT2D eigenvalue weighted by atomic mass is 9.97. The molecule has 2 N–H and O–H groups in total. The number of aromatic carboxylic acids is 1. The van der Waals surface area contributed by atoms with Gasteiger partial charge in [-0.3, -0.25) is 0 Å². The molecule has 2 unspecified atom stereocenters. The second-order valence-corrected chi connectivity index (χ2v) is 11.3. The predicted octanol–water partition coefficient (Wildman–Crippen LogP) is 9.16. The number of carboxylic acid groups (broad SMARTS) is 1. The first-order valence-corrected chi connectivity index (χ1v) is 15.1. The van der Waals surface area contributed by atoms with Gasteiger partial charge in [-0.2, -0.15) is 0 Å². The lowest BCUT2D eigenvalue weighted by molar-refractivity contribution is 0.0494. The van der Waals surface area contributed by atoms with Gasteiger partial charge in [0.2, 0.25) is 0 Å². The number of carbonyl (C=O) groups excluding carboxylic acids is 1. The van der Waals surface area contributed by atoms with Gasteiger partial charge in [0.1, 0.15) is 22.6 Å². The van der Waals surface area contributed by atoms with E-state index in [1.165, 1.54) is 51.0 Å². The third-order valence-electron chi connectivity index (χ3n) is 7.01. The highest BCUT2D eigenvalue weighted by molar-refractivity contribution is 5.92. The molecule has 0 aliphatic carbocycles. The molecule has 224 valence electrons. The molecule has 0 saturated heterocycles. The van der Waals surface area contributed by atoms with Gasteiger partial charge in [-0.25, -0.2) is 9.59 Å². The number of unbranched alkanes of at least 4 members (excludes halogenated alkanes) is 4. The molecule has 2 atom stereocenters. The lowest BCUT2D eigenvalue weighted by Crippen LogP contribution is -2.11. The van der Waals surface area contributed by atoms with Crippen LogP contribution in [0.3, 0.4) is 0 Å². The maximum absolute atomic E-state index is 11.7. The first-order valence-electron chi connectivity index (χ1n) is 15.1. The number of hydrogen-bond donors (Lipinski definition) is 2. The van der Waals surface area contributed by atoms with E-state index in [2.05, 4.69) is 34.6 Å². The summed E-state index contributed by atoms with van der Waals surface area (Å²) >= 11 is 0. The fraction of sp³-hybridized carbons (Fsp3) is 0.588. The highest BCUT2D eigenvalue weighted by atomic mass is 16.5. The summed E-state index contributed by atoms with van der Waals surface area (Å²) in [5.41, 5.74) is 0.476. The van der Waals surface area contributed by atoms with E-state index in [0.717, 1.165) is 31.1 Å². The quantitative estimate of drug-likeness (QED) is 0.140. The predicted molar refractivity (Wildman–Crippen MR) is 162 cm³/mol. The Kier molecular flexibility index (Phi) is 18.2. The molecule has 6 heteroatoms. The number of carboxylic acids is 1. The van der Waals surface area contributed by atoms with E-state index in [-0.39, 0.29) is 16.9 Å². The van der Waals surface area contributed by atoms with Crippen LogP contribution in [0.1, 0.15) is 120 Å². The summed E-state index contributed by atoms with van der Waals surface area (Å²) in [6.45, 7) is 12.2. The Hall–Kier alpha value is -3.02. The number of rotatable bonds is 18. The normalized spacial score (nSPS) is 12.2. The van der Waals surface area contributed by atoms with Gasteiger partial charge in [0, 0.05) is 0 Å². The Morgan fingerprint density at radius 2 is 1.35 bits per heavy atom. The zero-order chi connectivity index (χ0) is 29.8. The van der Waals surface area contributed by atoms with E-state index in [1.54, 1.807) is 42.5 Å². The maximum atomic E-state index is 11.7. The number of benzene rings is 2. The molecule has 2 rings (SSSR count). The first-order chi connectivity index (χ1) is 19.1. The van der Waals surface area contributed by atoms with Crippen LogP contribution in [0.4, 0.5) is 0 Å². The molecule has 0 bridgehead atoms. The third kappa shape index (κ3) is 15.5. The SMILES string of the molecule is CC(C)CCCCCCCOC(=O)c1ccccc1O.CCC(C)CCCC(C)COc1ccccc1C(=O)O. The topological polar surface area (TPSA) is 93.1 Å². The van der Waals surface area contributed by atoms with E-state index in [1.807, 2.05) is 0 Å². The second kappa shape index (κ2) is 20.8. The molecule has 2 aromatic rings. The van der Waals surface area contributed by atoms with Crippen molar-refractivity contribution in [2.24, 2.45) is 17.8 Å². The van der Waals surface area contributed by atoms with Gasteiger partial charge >= 0.3 is 11.9 Å². The average molecular weight is 557 g/mol. The first kappa shape index (κ1) is 35.0. The van der Waals surface area contributed by atoms with Crippen molar-refractivity contribution in [1.29, 1.82) is 0 Å². The van der Waals surface area contributed by atoms with Crippen LogP contribution in [0.2, 0.25) is 0 Å². The van der Waals surface area contributed by atoms with Crippen LogP contribution in [-0.2, 0) is 4.74 Å². The molecule has 0 aliphatic rings. The van der Waals surface area contributed by atoms with Crippen LogP contribution in [0.25, 0.3) is 0 Å². The van der Waals surface area contributed by atoms with Crippen molar-refractivity contribution in [3.05, 3.63) is 59.7 Å². The third-order valence-corrected chi connectivity index (χ3v) is 7.01. The molecule has 2 aromatic carbocycles. The van der Waals surface area contributed by atoms with E-state index in [4.69, 9.17) is 14.6 Å². The van der Waals surface area contributed by atoms with Crippen LogP contribution in [0.5, 0.6) is 11.5 Å². The van der Waals surface area contributed by atoms with Gasteiger partial charge < -0.3 is 19.7 Å². The molecule has 40 heavy (non-hydrogen) atoms. The van der Waals surface area contributed by atoms with Crippen molar-refractivity contribution in [2.45, 2.75) is 98.8 Å². The van der Waals surface area contributed by atoms with Crippen molar-refractivity contribution in [3.63, 3.8) is 0 Å². The van der Waals surface area contributed by atoms with Gasteiger partial charge in [-0.1, -0.05) is 110 Å². The molecular formula is C34H52O6. The van der Waals surface area contributed by atoms with Crippen molar-refractivity contribution < 1.29 is 29.3 Å². The van der Waals surface area contributed by atoms with E-state index in [0.29, 0.717) is 24.9 Å². The zero-order valence-electron chi connectivity index (χ0n) is 25.4. The fourth-order valence-corrected chi connectivity index (χ4v) is 4.18. The summed E-state index contributed by atoms with van der Waals surface area (Å²) < 4.78 is 10.8. The fourth-order valence-electron chi connectivity index (χ4n) is 4.18. The standard InChI is InChI=1S/2C17H26O3/c1-14(2)10-6-4-3-5-9-13-20-17(19)15-11-7-8-12-16(15)18;1-4-13(2)8-7-9-14(3)12-20-16-11-6-5-10-15(16)17(18)19/h7-8,11-12,14,18H,3-6,9-10,13H2,1-2H3;5-6,10-11,13-14H,4,7-9,12H2,1-3H3,(H,18,19). The minimum atomic E-state index is -0.940.